The van der Waals surface area contributed by atoms with Crippen LogP contribution in [0.4, 0.5) is 30.6 Å². The van der Waals surface area contributed by atoms with E-state index in [0.717, 1.165) is 0 Å². The van der Waals surface area contributed by atoms with Gasteiger partial charge in [-0.25, -0.2) is 4.98 Å². The van der Waals surface area contributed by atoms with Gasteiger partial charge >= 0.3 is 6.18 Å². The Morgan fingerprint density at radius 3 is 2.70 bits per heavy atom. The standard InChI is InChI=1S/C18H19ClF3N7O/c1-24-15-11(18(20,21)22)7-26-17(28-15)27-13-6-14-9(5-12(13)19)10(8-29(14)2)16(30)25-4-3-23/h5-8H,3-4,23H2,1-2H3,(H,25,30)(H2,24,26,27,28). The second-order valence-corrected chi connectivity index (χ2v) is 6.78. The predicted octanol–water partition coefficient (Wildman–Crippen LogP) is 3.11. The van der Waals surface area contributed by atoms with Crippen LogP contribution in [0.3, 0.4) is 0 Å². The molecule has 3 rings (SSSR count). The number of carbonyl (C=O) groups excluding carboxylic acids is 1. The van der Waals surface area contributed by atoms with Gasteiger partial charge in [0.05, 0.1) is 21.8 Å². The minimum absolute atomic E-state index is 0.0660. The van der Waals surface area contributed by atoms with E-state index in [0.29, 0.717) is 41.4 Å². The molecule has 0 spiro atoms. The first kappa shape index (κ1) is 21.7. The summed E-state index contributed by atoms with van der Waals surface area (Å²) in [6.45, 7) is 0.648. The van der Waals surface area contributed by atoms with Gasteiger partial charge in [-0.2, -0.15) is 18.2 Å². The molecule has 0 fully saturated rings. The van der Waals surface area contributed by atoms with Crippen molar-refractivity contribution in [3.05, 3.63) is 40.7 Å². The minimum Gasteiger partial charge on any atom is -0.372 e. The lowest BCUT2D eigenvalue weighted by Crippen LogP contribution is -2.28. The monoisotopic (exact) mass is 441 g/mol. The SMILES string of the molecule is CNc1nc(Nc2cc3c(cc2Cl)c(C(=O)NCCN)cn3C)ncc1C(F)(F)F. The van der Waals surface area contributed by atoms with Crippen molar-refractivity contribution in [1.29, 1.82) is 0 Å². The van der Waals surface area contributed by atoms with E-state index < -0.39 is 11.7 Å². The van der Waals surface area contributed by atoms with Crippen molar-refractivity contribution in [2.75, 3.05) is 30.8 Å². The minimum atomic E-state index is -4.59. The van der Waals surface area contributed by atoms with Crippen LogP contribution in [0, 0.1) is 0 Å². The van der Waals surface area contributed by atoms with Crippen LogP contribution in [0.1, 0.15) is 15.9 Å². The zero-order valence-electron chi connectivity index (χ0n) is 16.1. The van der Waals surface area contributed by atoms with E-state index in [9.17, 15) is 18.0 Å². The van der Waals surface area contributed by atoms with E-state index >= 15 is 0 Å². The molecule has 0 aliphatic heterocycles. The number of nitrogens with two attached hydrogens (primary N) is 1. The van der Waals surface area contributed by atoms with Gasteiger partial charge in [0.15, 0.2) is 0 Å². The van der Waals surface area contributed by atoms with E-state index in [2.05, 4.69) is 25.9 Å². The second kappa shape index (κ2) is 8.36. The van der Waals surface area contributed by atoms with E-state index in [1.807, 2.05) is 0 Å². The van der Waals surface area contributed by atoms with Gasteiger partial charge in [0.1, 0.15) is 11.4 Å². The molecule has 1 aromatic carbocycles. The lowest BCUT2D eigenvalue weighted by atomic mass is 10.1. The van der Waals surface area contributed by atoms with Crippen molar-refractivity contribution in [1.82, 2.24) is 19.9 Å². The number of rotatable bonds is 6. The van der Waals surface area contributed by atoms with Crippen molar-refractivity contribution >= 4 is 45.9 Å². The number of alkyl halides is 3. The number of fused-ring (bicyclic) bond motifs is 1. The van der Waals surface area contributed by atoms with E-state index in [1.165, 1.54) is 7.05 Å². The zero-order chi connectivity index (χ0) is 22.1. The fourth-order valence-electron chi connectivity index (χ4n) is 2.92. The average Bonchev–Trinajstić information content (AvgIpc) is 3.01. The number of carbonyl (C=O) groups is 1. The van der Waals surface area contributed by atoms with Gasteiger partial charge < -0.3 is 26.3 Å². The van der Waals surface area contributed by atoms with Crippen LogP contribution in [0.15, 0.2) is 24.5 Å². The summed E-state index contributed by atoms with van der Waals surface area (Å²) in [5.74, 6) is -0.716. The summed E-state index contributed by atoms with van der Waals surface area (Å²) in [5, 5.41) is 8.81. The van der Waals surface area contributed by atoms with Crippen molar-refractivity contribution in [3.63, 3.8) is 0 Å². The second-order valence-electron chi connectivity index (χ2n) is 6.38. The Morgan fingerprint density at radius 1 is 1.33 bits per heavy atom. The maximum atomic E-state index is 13.0. The first-order valence-electron chi connectivity index (χ1n) is 8.81. The van der Waals surface area contributed by atoms with Crippen molar-refractivity contribution in [3.8, 4) is 0 Å². The molecule has 30 heavy (non-hydrogen) atoms. The summed E-state index contributed by atoms with van der Waals surface area (Å²) in [6.07, 6.45) is -2.24. The van der Waals surface area contributed by atoms with Gasteiger partial charge in [0, 0.05) is 45.0 Å². The molecule has 0 unspecified atom stereocenters. The van der Waals surface area contributed by atoms with Crippen molar-refractivity contribution in [2.45, 2.75) is 6.18 Å². The lowest BCUT2D eigenvalue weighted by molar-refractivity contribution is -0.137. The highest BCUT2D eigenvalue weighted by molar-refractivity contribution is 6.34. The number of halogens is 4. The molecule has 0 radical (unpaired) electrons. The summed E-state index contributed by atoms with van der Waals surface area (Å²) in [5.41, 5.74) is 5.92. The van der Waals surface area contributed by atoms with Crippen LogP contribution in [-0.4, -0.2) is 40.6 Å². The molecule has 160 valence electrons. The molecule has 0 aliphatic carbocycles. The number of aromatic nitrogens is 3. The summed E-state index contributed by atoms with van der Waals surface area (Å²) in [4.78, 5) is 19.9. The highest BCUT2D eigenvalue weighted by Gasteiger charge is 2.35. The molecule has 3 aromatic rings. The predicted molar refractivity (Wildman–Crippen MR) is 109 cm³/mol. The van der Waals surface area contributed by atoms with E-state index in [1.54, 1.807) is 29.9 Å². The zero-order valence-corrected chi connectivity index (χ0v) is 16.8. The van der Waals surface area contributed by atoms with Crippen LogP contribution in [0.2, 0.25) is 5.02 Å². The summed E-state index contributed by atoms with van der Waals surface area (Å²) >= 11 is 6.35. The van der Waals surface area contributed by atoms with Crippen LogP contribution in [0.25, 0.3) is 10.9 Å². The Hall–Kier alpha value is -3.05. The Balaban J connectivity index is 1.97. The Morgan fingerprint density at radius 2 is 2.07 bits per heavy atom. The highest BCUT2D eigenvalue weighted by atomic mass is 35.5. The van der Waals surface area contributed by atoms with Crippen LogP contribution < -0.4 is 21.7 Å². The summed E-state index contributed by atoms with van der Waals surface area (Å²) in [6, 6.07) is 3.26. The van der Waals surface area contributed by atoms with Gasteiger partial charge in [-0.15, -0.1) is 0 Å². The molecule has 1 amide bonds. The van der Waals surface area contributed by atoms with Crippen molar-refractivity contribution in [2.24, 2.45) is 12.8 Å². The number of amides is 1. The normalized spacial score (nSPS) is 11.6. The van der Waals surface area contributed by atoms with E-state index in [-0.39, 0.29) is 22.7 Å². The topological polar surface area (TPSA) is 110 Å². The lowest BCUT2D eigenvalue weighted by Gasteiger charge is -2.13. The van der Waals surface area contributed by atoms with Gasteiger partial charge in [0.2, 0.25) is 5.95 Å². The average molecular weight is 442 g/mol. The van der Waals surface area contributed by atoms with Crippen LogP contribution in [0.5, 0.6) is 0 Å². The molecule has 8 nitrogen and oxygen atoms in total. The molecule has 12 heteroatoms. The maximum Gasteiger partial charge on any atom is 0.421 e. The Labute approximate surface area is 174 Å². The van der Waals surface area contributed by atoms with Crippen molar-refractivity contribution < 1.29 is 18.0 Å². The molecule has 5 N–H and O–H groups in total. The number of nitrogens with one attached hydrogen (secondary N) is 3. The third-order valence-electron chi connectivity index (χ3n) is 4.33. The third kappa shape index (κ3) is 4.26. The molecule has 0 atom stereocenters. The fraction of sp³-hybridized carbons (Fsp3) is 0.278. The van der Waals surface area contributed by atoms with Gasteiger partial charge in [-0.1, -0.05) is 11.6 Å². The number of nitrogens with zero attached hydrogens (tertiary/aromatic N) is 3. The number of aryl methyl sites for hydroxylation is 1. The number of benzene rings is 1. The molecule has 0 bridgehead atoms. The summed E-state index contributed by atoms with van der Waals surface area (Å²) < 4.78 is 40.8. The molecular formula is C18H19ClF3N7O. The highest BCUT2D eigenvalue weighted by Crippen LogP contribution is 2.35. The molecule has 0 aliphatic rings. The maximum absolute atomic E-state index is 13.0. The largest absolute Gasteiger partial charge is 0.421 e. The van der Waals surface area contributed by atoms with Crippen LogP contribution in [-0.2, 0) is 13.2 Å². The first-order chi connectivity index (χ1) is 14.2. The van der Waals surface area contributed by atoms with E-state index in [4.69, 9.17) is 17.3 Å². The summed E-state index contributed by atoms with van der Waals surface area (Å²) in [7, 11) is 3.09. The Kier molecular flexibility index (Phi) is 6.04. The molecule has 2 aromatic heterocycles. The number of hydrogen-bond donors (Lipinski definition) is 4. The third-order valence-corrected chi connectivity index (χ3v) is 4.64. The van der Waals surface area contributed by atoms with Crippen LogP contribution >= 0.6 is 11.6 Å². The Bertz CT molecular complexity index is 1100. The van der Waals surface area contributed by atoms with Gasteiger partial charge in [-0.05, 0) is 12.1 Å². The smallest absolute Gasteiger partial charge is 0.372 e. The number of hydrogen-bond acceptors (Lipinski definition) is 6. The number of anilines is 3. The van der Waals surface area contributed by atoms with Gasteiger partial charge in [0.25, 0.3) is 5.91 Å². The molecular weight excluding hydrogens is 423 g/mol. The molecule has 0 saturated carbocycles. The fourth-order valence-corrected chi connectivity index (χ4v) is 3.13. The molecule has 0 saturated heterocycles. The molecule has 2 heterocycles. The quantitative estimate of drug-likeness (QED) is 0.468. The van der Waals surface area contributed by atoms with Gasteiger partial charge in [-0.3, -0.25) is 4.79 Å². The first-order valence-corrected chi connectivity index (χ1v) is 9.19.